The molecule has 0 rings (SSSR count). The van der Waals surface area contributed by atoms with Crippen molar-refractivity contribution in [2.24, 2.45) is 0 Å². The molecule has 0 bridgehead atoms. The van der Waals surface area contributed by atoms with Gasteiger partial charge in [-0.15, -0.1) is 0 Å². The molecule has 0 fully saturated rings. The van der Waals surface area contributed by atoms with Crippen LogP contribution in [0.25, 0.3) is 0 Å². The lowest BCUT2D eigenvalue weighted by atomic mass is 10.1. The van der Waals surface area contributed by atoms with Crippen molar-refractivity contribution in [2.75, 3.05) is 13.7 Å². The predicted molar refractivity (Wildman–Crippen MR) is 60.8 cm³/mol. The number of esters is 2. The highest BCUT2D eigenvalue weighted by Crippen LogP contribution is 2.09. The van der Waals surface area contributed by atoms with Crippen molar-refractivity contribution in [3.8, 4) is 0 Å². The van der Waals surface area contributed by atoms with Gasteiger partial charge < -0.3 is 9.47 Å². The van der Waals surface area contributed by atoms with Crippen LogP contribution in [0.2, 0.25) is 0 Å². The van der Waals surface area contributed by atoms with Gasteiger partial charge in [0.15, 0.2) is 0 Å². The Balaban J connectivity index is 4.11. The van der Waals surface area contributed by atoms with Gasteiger partial charge in [-0.05, 0) is 20.8 Å². The lowest BCUT2D eigenvalue weighted by molar-refractivity contribution is -0.137. The molecule has 0 aliphatic carbocycles. The minimum Gasteiger partial charge on any atom is -0.466 e. The molecule has 0 saturated heterocycles. The minimum atomic E-state index is -0.369. The van der Waals surface area contributed by atoms with Gasteiger partial charge in [0.1, 0.15) is 0 Å². The molecule has 0 aromatic carbocycles. The Morgan fingerprint density at radius 1 is 1.25 bits per heavy atom. The van der Waals surface area contributed by atoms with Crippen LogP contribution in [0, 0.1) is 0 Å². The van der Waals surface area contributed by atoms with Gasteiger partial charge in [0.25, 0.3) is 0 Å². The summed E-state index contributed by atoms with van der Waals surface area (Å²) >= 11 is 0. The largest absolute Gasteiger partial charge is 0.466 e. The highest BCUT2D eigenvalue weighted by Gasteiger charge is 2.07. The molecule has 0 N–H and O–H groups in total. The Kier molecular flexibility index (Phi) is 6.92. The summed E-state index contributed by atoms with van der Waals surface area (Å²) < 4.78 is 9.49. The standard InChI is InChI=1S/C12H18O4/c1-5-6-11(13)16-8-7-9(2)10(3)12(14)15-4/h5-6H,7-8H2,1-4H3. The van der Waals surface area contributed by atoms with Crippen LogP contribution < -0.4 is 0 Å². The van der Waals surface area contributed by atoms with Crippen molar-refractivity contribution in [3.63, 3.8) is 0 Å². The summed E-state index contributed by atoms with van der Waals surface area (Å²) in [6, 6.07) is 0. The molecule has 0 aromatic rings. The molecular formula is C12H18O4. The van der Waals surface area contributed by atoms with Crippen LogP contribution in [0.1, 0.15) is 27.2 Å². The Labute approximate surface area is 95.9 Å². The maximum Gasteiger partial charge on any atom is 0.333 e. The SMILES string of the molecule is CC=CC(=O)OCCC(C)=C(C)C(=O)OC. The van der Waals surface area contributed by atoms with Gasteiger partial charge in [0.05, 0.1) is 13.7 Å². The van der Waals surface area contributed by atoms with Crippen LogP contribution in [0.5, 0.6) is 0 Å². The van der Waals surface area contributed by atoms with E-state index in [1.54, 1.807) is 19.9 Å². The molecular weight excluding hydrogens is 208 g/mol. The van der Waals surface area contributed by atoms with Gasteiger partial charge in [-0.1, -0.05) is 11.6 Å². The van der Waals surface area contributed by atoms with Crippen LogP contribution in [-0.4, -0.2) is 25.7 Å². The van der Waals surface area contributed by atoms with E-state index in [4.69, 9.17) is 4.74 Å². The van der Waals surface area contributed by atoms with Gasteiger partial charge in [-0.25, -0.2) is 9.59 Å². The molecule has 0 spiro atoms. The van der Waals surface area contributed by atoms with E-state index in [1.807, 2.05) is 6.92 Å². The van der Waals surface area contributed by atoms with E-state index in [9.17, 15) is 9.59 Å². The molecule has 90 valence electrons. The van der Waals surface area contributed by atoms with Crippen LogP contribution in [0.4, 0.5) is 0 Å². The maximum atomic E-state index is 11.2. The fourth-order valence-corrected chi connectivity index (χ4v) is 1.00. The van der Waals surface area contributed by atoms with Gasteiger partial charge in [-0.2, -0.15) is 0 Å². The van der Waals surface area contributed by atoms with E-state index in [1.165, 1.54) is 13.2 Å². The van der Waals surface area contributed by atoms with Gasteiger partial charge in [0.2, 0.25) is 0 Å². The van der Waals surface area contributed by atoms with Gasteiger partial charge in [-0.3, -0.25) is 0 Å². The number of ether oxygens (including phenoxy) is 2. The molecule has 0 heterocycles. The quantitative estimate of drug-likeness (QED) is 0.531. The number of hydrogen-bond acceptors (Lipinski definition) is 4. The highest BCUT2D eigenvalue weighted by atomic mass is 16.5. The van der Waals surface area contributed by atoms with Crippen LogP contribution in [0.15, 0.2) is 23.3 Å². The van der Waals surface area contributed by atoms with Crippen molar-refractivity contribution in [1.29, 1.82) is 0 Å². The lowest BCUT2D eigenvalue weighted by Gasteiger charge is -2.06. The van der Waals surface area contributed by atoms with E-state index in [0.29, 0.717) is 12.0 Å². The highest BCUT2D eigenvalue weighted by molar-refractivity contribution is 5.88. The van der Waals surface area contributed by atoms with Crippen LogP contribution >= 0.6 is 0 Å². The lowest BCUT2D eigenvalue weighted by Crippen LogP contribution is -2.07. The Morgan fingerprint density at radius 2 is 1.88 bits per heavy atom. The zero-order valence-electron chi connectivity index (χ0n) is 10.2. The molecule has 4 nitrogen and oxygen atoms in total. The van der Waals surface area contributed by atoms with E-state index in [0.717, 1.165) is 5.57 Å². The first-order valence-corrected chi connectivity index (χ1v) is 5.07. The predicted octanol–water partition coefficient (Wildman–Crippen LogP) is 2.01. The Morgan fingerprint density at radius 3 is 2.38 bits per heavy atom. The third kappa shape index (κ3) is 5.34. The fourth-order valence-electron chi connectivity index (χ4n) is 1.00. The minimum absolute atomic E-state index is 0.267. The number of rotatable bonds is 5. The van der Waals surface area contributed by atoms with E-state index in [2.05, 4.69) is 4.74 Å². The topological polar surface area (TPSA) is 52.6 Å². The summed E-state index contributed by atoms with van der Waals surface area (Å²) in [6.45, 7) is 5.52. The maximum absolute atomic E-state index is 11.2. The zero-order valence-corrected chi connectivity index (χ0v) is 10.2. The second-order valence-electron chi connectivity index (χ2n) is 3.31. The smallest absolute Gasteiger partial charge is 0.333 e. The molecule has 0 saturated carbocycles. The number of hydrogen-bond donors (Lipinski definition) is 0. The fraction of sp³-hybridized carbons (Fsp3) is 0.500. The number of carbonyl (C=O) groups is 2. The van der Waals surface area contributed by atoms with E-state index >= 15 is 0 Å². The summed E-state index contributed by atoms with van der Waals surface area (Å²) in [5, 5.41) is 0. The second kappa shape index (κ2) is 7.68. The molecule has 0 aliphatic rings. The summed E-state index contributed by atoms with van der Waals surface area (Å²) in [5.41, 5.74) is 1.42. The van der Waals surface area contributed by atoms with Gasteiger partial charge >= 0.3 is 11.9 Å². The first-order chi connectivity index (χ1) is 7.52. The van der Waals surface area contributed by atoms with Crippen molar-refractivity contribution in [2.45, 2.75) is 27.2 Å². The third-order valence-corrected chi connectivity index (χ3v) is 2.16. The first-order valence-electron chi connectivity index (χ1n) is 5.07. The second-order valence-corrected chi connectivity index (χ2v) is 3.31. The number of carbonyl (C=O) groups excluding carboxylic acids is 2. The average Bonchev–Trinajstić information content (AvgIpc) is 2.27. The van der Waals surface area contributed by atoms with Gasteiger partial charge in [0, 0.05) is 18.1 Å². The third-order valence-electron chi connectivity index (χ3n) is 2.16. The van der Waals surface area contributed by atoms with E-state index in [-0.39, 0.29) is 18.5 Å². The van der Waals surface area contributed by atoms with Crippen molar-refractivity contribution in [1.82, 2.24) is 0 Å². The molecule has 0 aromatic heterocycles. The van der Waals surface area contributed by atoms with Crippen molar-refractivity contribution in [3.05, 3.63) is 23.3 Å². The number of allylic oxidation sites excluding steroid dienone is 1. The van der Waals surface area contributed by atoms with Crippen LogP contribution in [0.3, 0.4) is 0 Å². The van der Waals surface area contributed by atoms with Crippen LogP contribution in [-0.2, 0) is 19.1 Å². The summed E-state index contributed by atoms with van der Waals surface area (Å²) in [6.07, 6.45) is 3.50. The molecule has 16 heavy (non-hydrogen) atoms. The summed E-state index contributed by atoms with van der Waals surface area (Å²) in [7, 11) is 1.34. The van der Waals surface area contributed by atoms with E-state index < -0.39 is 0 Å². The normalized spacial score (nSPS) is 12.2. The average molecular weight is 226 g/mol. The number of methoxy groups -OCH3 is 1. The molecule has 0 unspecified atom stereocenters. The molecule has 0 amide bonds. The van der Waals surface area contributed by atoms with Crippen molar-refractivity contribution >= 4 is 11.9 Å². The molecule has 4 heteroatoms. The molecule has 0 radical (unpaired) electrons. The molecule has 0 atom stereocenters. The zero-order chi connectivity index (χ0) is 12.6. The summed E-state index contributed by atoms with van der Waals surface area (Å²) in [4.78, 5) is 22.1. The monoisotopic (exact) mass is 226 g/mol. The first kappa shape index (κ1) is 14.4. The summed E-state index contributed by atoms with van der Waals surface area (Å²) in [5.74, 6) is -0.719. The van der Waals surface area contributed by atoms with Crippen molar-refractivity contribution < 1.29 is 19.1 Å². The Hall–Kier alpha value is -1.58. The molecule has 0 aliphatic heterocycles. The Bertz CT molecular complexity index is 313.